The molecule has 0 unspecified atom stereocenters. The van der Waals surface area contributed by atoms with Crippen LogP contribution in [0, 0.1) is 5.41 Å². The molecule has 3 heteroatoms. The van der Waals surface area contributed by atoms with Crippen molar-refractivity contribution in [1.29, 1.82) is 0 Å². The van der Waals surface area contributed by atoms with E-state index in [0.29, 0.717) is 5.41 Å². The predicted octanol–water partition coefficient (Wildman–Crippen LogP) is 4.10. The van der Waals surface area contributed by atoms with Crippen molar-refractivity contribution in [2.45, 2.75) is 33.1 Å². The van der Waals surface area contributed by atoms with Crippen LogP contribution in [0.3, 0.4) is 0 Å². The van der Waals surface area contributed by atoms with Crippen molar-refractivity contribution in [1.82, 2.24) is 4.90 Å². The number of hydrogen-bond donors (Lipinski definition) is 0. The van der Waals surface area contributed by atoms with Gasteiger partial charge in [0.25, 0.3) is 5.91 Å². The average molecular weight is 310 g/mol. The highest BCUT2D eigenvalue weighted by Crippen LogP contribution is 2.37. The monoisotopic (exact) mass is 309 g/mol. The third-order valence-electron chi connectivity index (χ3n) is 4.32. The second kappa shape index (κ2) is 5.43. The molecule has 1 aliphatic heterocycles. The van der Waals surface area contributed by atoms with Gasteiger partial charge in [0.15, 0.2) is 0 Å². The van der Waals surface area contributed by atoms with Gasteiger partial charge in [0.2, 0.25) is 0 Å². The molecule has 1 fully saturated rings. The van der Waals surface area contributed by atoms with Gasteiger partial charge in [-0.1, -0.05) is 29.8 Å². The third-order valence-corrected chi connectivity index (χ3v) is 4.85. The number of halogens is 1. The first-order valence-corrected chi connectivity index (χ1v) is 7.44. The molecule has 1 aromatic rings. The molecular formula is C15H20BrNO. The van der Waals surface area contributed by atoms with Gasteiger partial charge in [0, 0.05) is 23.1 Å². The van der Waals surface area contributed by atoms with Crippen LogP contribution in [0.15, 0.2) is 28.7 Å². The highest BCUT2D eigenvalue weighted by atomic mass is 79.9. The Morgan fingerprint density at radius 2 is 1.89 bits per heavy atom. The predicted molar refractivity (Wildman–Crippen MR) is 77.7 cm³/mol. The number of carbonyl (C=O) groups is 1. The molecule has 1 aromatic carbocycles. The van der Waals surface area contributed by atoms with Gasteiger partial charge in [-0.15, -0.1) is 0 Å². The molecular weight excluding hydrogens is 290 g/mol. The Morgan fingerprint density at radius 1 is 1.28 bits per heavy atom. The molecule has 98 valence electrons. The number of hydrogen-bond acceptors (Lipinski definition) is 1. The Hall–Kier alpha value is -0.830. The number of amides is 1. The van der Waals surface area contributed by atoms with E-state index in [4.69, 9.17) is 0 Å². The van der Waals surface area contributed by atoms with Crippen molar-refractivity contribution in [2.75, 3.05) is 13.1 Å². The molecule has 0 spiro atoms. The Bertz CT molecular complexity index is 423. The highest BCUT2D eigenvalue weighted by molar-refractivity contribution is 9.10. The summed E-state index contributed by atoms with van der Waals surface area (Å²) < 4.78 is 1.01. The van der Waals surface area contributed by atoms with Crippen LogP contribution < -0.4 is 0 Å². The molecule has 0 radical (unpaired) electrons. The third kappa shape index (κ3) is 2.61. The van der Waals surface area contributed by atoms with Gasteiger partial charge in [-0.2, -0.15) is 0 Å². The van der Waals surface area contributed by atoms with E-state index in [2.05, 4.69) is 29.8 Å². The van der Waals surface area contributed by atoms with E-state index in [9.17, 15) is 4.79 Å². The van der Waals surface area contributed by atoms with Gasteiger partial charge in [-0.3, -0.25) is 4.79 Å². The second-order valence-electron chi connectivity index (χ2n) is 5.19. The summed E-state index contributed by atoms with van der Waals surface area (Å²) in [6, 6.07) is 7.64. The van der Waals surface area contributed by atoms with Crippen LogP contribution in [0.25, 0.3) is 0 Å². The first-order chi connectivity index (χ1) is 8.60. The molecule has 0 atom stereocenters. The van der Waals surface area contributed by atoms with Gasteiger partial charge in [-0.05, 0) is 48.9 Å². The summed E-state index contributed by atoms with van der Waals surface area (Å²) in [7, 11) is 0. The molecule has 18 heavy (non-hydrogen) atoms. The Labute approximate surface area is 117 Å². The standard InChI is InChI=1S/C15H20BrNO/c1-3-15(4-2)9-10-17(11-15)14(18)12-5-7-13(16)8-6-12/h5-8H,3-4,9-11H2,1-2H3. The summed E-state index contributed by atoms with van der Waals surface area (Å²) >= 11 is 3.39. The fourth-order valence-corrected chi connectivity index (χ4v) is 2.98. The van der Waals surface area contributed by atoms with Gasteiger partial charge in [0.1, 0.15) is 0 Å². The van der Waals surface area contributed by atoms with E-state index in [1.807, 2.05) is 29.2 Å². The molecule has 0 aliphatic carbocycles. The topological polar surface area (TPSA) is 20.3 Å². The molecule has 1 saturated heterocycles. The molecule has 2 nitrogen and oxygen atoms in total. The summed E-state index contributed by atoms with van der Waals surface area (Å²) in [5, 5.41) is 0. The minimum Gasteiger partial charge on any atom is -0.338 e. The fourth-order valence-electron chi connectivity index (χ4n) is 2.71. The quantitative estimate of drug-likeness (QED) is 0.823. The first kappa shape index (κ1) is 13.6. The van der Waals surface area contributed by atoms with Crippen molar-refractivity contribution in [3.63, 3.8) is 0 Å². The van der Waals surface area contributed by atoms with E-state index >= 15 is 0 Å². The normalized spacial score (nSPS) is 18.1. The van der Waals surface area contributed by atoms with Crippen LogP contribution in [0.4, 0.5) is 0 Å². The highest BCUT2D eigenvalue weighted by Gasteiger charge is 2.37. The zero-order valence-corrected chi connectivity index (χ0v) is 12.7. The summed E-state index contributed by atoms with van der Waals surface area (Å²) in [5.41, 5.74) is 1.14. The number of likely N-dealkylation sites (tertiary alicyclic amines) is 1. The minimum absolute atomic E-state index is 0.172. The number of nitrogens with zero attached hydrogens (tertiary/aromatic N) is 1. The van der Waals surface area contributed by atoms with Gasteiger partial charge >= 0.3 is 0 Å². The van der Waals surface area contributed by atoms with Gasteiger partial charge in [0.05, 0.1) is 0 Å². The lowest BCUT2D eigenvalue weighted by Gasteiger charge is -2.26. The summed E-state index contributed by atoms with van der Waals surface area (Å²) in [4.78, 5) is 14.4. The molecule has 0 N–H and O–H groups in total. The van der Waals surface area contributed by atoms with Crippen LogP contribution in [0.5, 0.6) is 0 Å². The summed E-state index contributed by atoms with van der Waals surface area (Å²) in [6.45, 7) is 6.28. The summed E-state index contributed by atoms with van der Waals surface area (Å²) in [5.74, 6) is 0.172. The van der Waals surface area contributed by atoms with Gasteiger partial charge < -0.3 is 4.90 Å². The number of rotatable bonds is 3. The van der Waals surface area contributed by atoms with Crippen molar-refractivity contribution in [3.05, 3.63) is 34.3 Å². The molecule has 0 bridgehead atoms. The molecule has 1 heterocycles. The smallest absolute Gasteiger partial charge is 0.253 e. The van der Waals surface area contributed by atoms with E-state index < -0.39 is 0 Å². The Balaban J connectivity index is 2.10. The minimum atomic E-state index is 0.172. The van der Waals surface area contributed by atoms with Crippen molar-refractivity contribution < 1.29 is 4.79 Å². The lowest BCUT2D eigenvalue weighted by molar-refractivity contribution is 0.0770. The van der Waals surface area contributed by atoms with E-state index in [-0.39, 0.29) is 5.91 Å². The lowest BCUT2D eigenvalue weighted by Crippen LogP contribution is -2.31. The van der Waals surface area contributed by atoms with Crippen molar-refractivity contribution >= 4 is 21.8 Å². The molecule has 1 amide bonds. The van der Waals surface area contributed by atoms with E-state index in [1.54, 1.807) is 0 Å². The van der Waals surface area contributed by atoms with Crippen LogP contribution in [-0.4, -0.2) is 23.9 Å². The van der Waals surface area contributed by atoms with Crippen LogP contribution in [0.2, 0.25) is 0 Å². The van der Waals surface area contributed by atoms with Gasteiger partial charge in [-0.25, -0.2) is 0 Å². The Kier molecular flexibility index (Phi) is 4.10. The second-order valence-corrected chi connectivity index (χ2v) is 6.11. The molecule has 0 aromatic heterocycles. The first-order valence-electron chi connectivity index (χ1n) is 6.65. The van der Waals surface area contributed by atoms with E-state index in [0.717, 1.165) is 42.4 Å². The maximum atomic E-state index is 12.4. The van der Waals surface area contributed by atoms with Crippen LogP contribution in [-0.2, 0) is 0 Å². The number of carbonyl (C=O) groups excluding carboxylic acids is 1. The zero-order valence-electron chi connectivity index (χ0n) is 11.1. The zero-order chi connectivity index (χ0) is 13.2. The SMILES string of the molecule is CCC1(CC)CCN(C(=O)c2ccc(Br)cc2)C1. The maximum Gasteiger partial charge on any atom is 0.253 e. The lowest BCUT2D eigenvalue weighted by atomic mass is 9.82. The van der Waals surface area contributed by atoms with E-state index in [1.165, 1.54) is 0 Å². The largest absolute Gasteiger partial charge is 0.338 e. The van der Waals surface area contributed by atoms with Crippen LogP contribution in [0.1, 0.15) is 43.5 Å². The maximum absolute atomic E-state index is 12.4. The summed E-state index contributed by atoms with van der Waals surface area (Å²) in [6.07, 6.45) is 3.46. The number of benzene rings is 1. The molecule has 1 aliphatic rings. The molecule has 0 saturated carbocycles. The molecule has 2 rings (SSSR count). The Morgan fingerprint density at radius 3 is 2.39 bits per heavy atom. The fraction of sp³-hybridized carbons (Fsp3) is 0.533. The van der Waals surface area contributed by atoms with Crippen molar-refractivity contribution in [2.24, 2.45) is 5.41 Å². The average Bonchev–Trinajstić information content (AvgIpc) is 2.84. The van der Waals surface area contributed by atoms with Crippen LogP contribution >= 0.6 is 15.9 Å². The van der Waals surface area contributed by atoms with Crippen molar-refractivity contribution in [3.8, 4) is 0 Å².